The van der Waals surface area contributed by atoms with Crippen LogP contribution >= 0.6 is 0 Å². The summed E-state index contributed by atoms with van der Waals surface area (Å²) in [5, 5.41) is 6.27. The first-order chi connectivity index (χ1) is 8.72. The second-order valence-corrected chi connectivity index (χ2v) is 5.89. The van der Waals surface area contributed by atoms with Crippen molar-refractivity contribution in [2.24, 2.45) is 5.92 Å². The lowest BCUT2D eigenvalue weighted by Gasteiger charge is -2.34. The topological polar surface area (TPSA) is 44.4 Å². The van der Waals surface area contributed by atoms with Crippen LogP contribution in [0.15, 0.2) is 0 Å². The van der Waals surface area contributed by atoms with Gasteiger partial charge in [-0.2, -0.15) is 0 Å². The zero-order chi connectivity index (χ0) is 13.0. The van der Waals surface area contributed by atoms with E-state index < -0.39 is 0 Å². The summed E-state index contributed by atoms with van der Waals surface area (Å²) < 4.78 is 0. The summed E-state index contributed by atoms with van der Waals surface area (Å²) in [4.78, 5) is 14.7. The Morgan fingerprint density at radius 2 is 2.11 bits per heavy atom. The molecule has 2 fully saturated rings. The molecule has 4 nitrogen and oxygen atoms in total. The zero-order valence-electron chi connectivity index (χ0n) is 11.7. The van der Waals surface area contributed by atoms with E-state index in [4.69, 9.17) is 0 Å². The second kappa shape index (κ2) is 6.53. The van der Waals surface area contributed by atoms with Gasteiger partial charge in [0.05, 0.1) is 6.04 Å². The number of amides is 1. The maximum absolute atomic E-state index is 12.3. The van der Waals surface area contributed by atoms with E-state index in [1.54, 1.807) is 0 Å². The van der Waals surface area contributed by atoms with Crippen LogP contribution in [0.2, 0.25) is 0 Å². The van der Waals surface area contributed by atoms with E-state index in [9.17, 15) is 4.79 Å². The smallest absolute Gasteiger partial charge is 0.237 e. The van der Waals surface area contributed by atoms with E-state index in [-0.39, 0.29) is 11.9 Å². The molecule has 0 aromatic rings. The summed E-state index contributed by atoms with van der Waals surface area (Å²) >= 11 is 0. The number of nitrogens with one attached hydrogen (secondary N) is 2. The van der Waals surface area contributed by atoms with E-state index in [0.717, 1.165) is 26.1 Å². The minimum atomic E-state index is 0.0745. The Bertz CT molecular complexity index is 276. The van der Waals surface area contributed by atoms with Crippen molar-refractivity contribution < 1.29 is 4.79 Å². The molecule has 0 radical (unpaired) electrons. The Morgan fingerprint density at radius 1 is 1.39 bits per heavy atom. The van der Waals surface area contributed by atoms with E-state index in [1.165, 1.54) is 25.7 Å². The summed E-state index contributed by atoms with van der Waals surface area (Å²) in [5.74, 6) is 0.802. The number of carbonyl (C=O) groups excluding carboxylic acids is 1. The van der Waals surface area contributed by atoms with Gasteiger partial charge in [0.2, 0.25) is 5.91 Å². The lowest BCUT2D eigenvalue weighted by Crippen LogP contribution is -2.49. The van der Waals surface area contributed by atoms with Crippen LogP contribution in [0, 0.1) is 5.92 Å². The van der Waals surface area contributed by atoms with Crippen LogP contribution in [-0.4, -0.2) is 49.6 Å². The molecule has 0 spiro atoms. The molecule has 1 aliphatic heterocycles. The van der Waals surface area contributed by atoms with Crippen LogP contribution in [0.4, 0.5) is 0 Å². The summed E-state index contributed by atoms with van der Waals surface area (Å²) in [7, 11) is 1.96. The predicted octanol–water partition coefficient (Wildman–Crippen LogP) is 0.975. The molecule has 2 aliphatic rings. The second-order valence-electron chi connectivity index (χ2n) is 5.89. The highest BCUT2D eigenvalue weighted by Gasteiger charge is 2.35. The minimum Gasteiger partial charge on any atom is -0.354 e. The Labute approximate surface area is 110 Å². The van der Waals surface area contributed by atoms with Gasteiger partial charge in [0, 0.05) is 19.1 Å². The maximum atomic E-state index is 12.3. The molecule has 0 aromatic heterocycles. The van der Waals surface area contributed by atoms with Gasteiger partial charge in [0.15, 0.2) is 0 Å². The van der Waals surface area contributed by atoms with Gasteiger partial charge in [-0.15, -0.1) is 0 Å². The van der Waals surface area contributed by atoms with E-state index >= 15 is 0 Å². The van der Waals surface area contributed by atoms with Crippen LogP contribution < -0.4 is 10.6 Å². The SMILES string of the molecule is CNCCC1C(=O)NCC(C)CN1C1CCCC1. The lowest BCUT2D eigenvalue weighted by molar-refractivity contribution is -0.126. The number of hydrogen-bond acceptors (Lipinski definition) is 3. The molecule has 4 heteroatoms. The summed E-state index contributed by atoms with van der Waals surface area (Å²) in [6.07, 6.45) is 6.13. The molecule has 1 saturated carbocycles. The number of rotatable bonds is 4. The van der Waals surface area contributed by atoms with Crippen molar-refractivity contribution >= 4 is 5.91 Å². The molecular weight excluding hydrogens is 226 g/mol. The Hall–Kier alpha value is -0.610. The molecule has 1 heterocycles. The third-order valence-corrected chi connectivity index (χ3v) is 4.31. The summed E-state index contributed by atoms with van der Waals surface area (Å²) in [6.45, 7) is 5.05. The normalized spacial score (nSPS) is 31.3. The molecule has 0 bridgehead atoms. The third-order valence-electron chi connectivity index (χ3n) is 4.31. The molecule has 2 N–H and O–H groups in total. The number of carbonyl (C=O) groups is 1. The van der Waals surface area contributed by atoms with Crippen molar-refractivity contribution in [3.8, 4) is 0 Å². The molecular formula is C14H27N3O. The largest absolute Gasteiger partial charge is 0.354 e. The average Bonchev–Trinajstić information content (AvgIpc) is 2.84. The van der Waals surface area contributed by atoms with Gasteiger partial charge in [-0.1, -0.05) is 19.8 Å². The zero-order valence-corrected chi connectivity index (χ0v) is 11.7. The van der Waals surface area contributed by atoms with E-state index in [0.29, 0.717) is 12.0 Å². The van der Waals surface area contributed by atoms with Gasteiger partial charge < -0.3 is 10.6 Å². The van der Waals surface area contributed by atoms with Gasteiger partial charge in [0.25, 0.3) is 0 Å². The van der Waals surface area contributed by atoms with Crippen LogP contribution in [0.25, 0.3) is 0 Å². The standard InChI is InChI=1S/C14H27N3O/c1-11-9-16-14(18)13(7-8-15-2)17(10-11)12-5-3-4-6-12/h11-13,15H,3-10H2,1-2H3,(H,16,18). The maximum Gasteiger partial charge on any atom is 0.237 e. The highest BCUT2D eigenvalue weighted by atomic mass is 16.2. The minimum absolute atomic E-state index is 0.0745. The molecule has 1 amide bonds. The van der Waals surface area contributed by atoms with Crippen molar-refractivity contribution in [2.45, 2.75) is 51.1 Å². The molecule has 2 atom stereocenters. The fourth-order valence-electron chi connectivity index (χ4n) is 3.31. The third kappa shape index (κ3) is 3.23. The van der Waals surface area contributed by atoms with Gasteiger partial charge >= 0.3 is 0 Å². The van der Waals surface area contributed by atoms with E-state index in [1.807, 2.05) is 7.05 Å². The van der Waals surface area contributed by atoms with Crippen LogP contribution in [-0.2, 0) is 4.79 Å². The first-order valence-electron chi connectivity index (χ1n) is 7.40. The monoisotopic (exact) mass is 253 g/mol. The van der Waals surface area contributed by atoms with Gasteiger partial charge in [0.1, 0.15) is 0 Å². The Morgan fingerprint density at radius 3 is 2.78 bits per heavy atom. The average molecular weight is 253 g/mol. The first-order valence-corrected chi connectivity index (χ1v) is 7.40. The highest BCUT2D eigenvalue weighted by Crippen LogP contribution is 2.27. The molecule has 0 aromatic carbocycles. The van der Waals surface area contributed by atoms with Crippen molar-refractivity contribution in [2.75, 3.05) is 26.7 Å². The van der Waals surface area contributed by atoms with Crippen LogP contribution in [0.1, 0.15) is 39.0 Å². The van der Waals surface area contributed by atoms with E-state index in [2.05, 4.69) is 22.5 Å². The summed E-state index contributed by atoms with van der Waals surface area (Å²) in [5.41, 5.74) is 0. The molecule has 1 aliphatic carbocycles. The number of nitrogens with zero attached hydrogens (tertiary/aromatic N) is 1. The quantitative estimate of drug-likeness (QED) is 0.785. The van der Waals surface area contributed by atoms with Gasteiger partial charge in [-0.25, -0.2) is 0 Å². The molecule has 104 valence electrons. The van der Waals surface area contributed by atoms with Crippen molar-refractivity contribution in [1.29, 1.82) is 0 Å². The summed E-state index contributed by atoms with van der Waals surface area (Å²) in [6, 6.07) is 0.712. The lowest BCUT2D eigenvalue weighted by atomic mass is 10.1. The fraction of sp³-hybridized carbons (Fsp3) is 0.929. The van der Waals surface area contributed by atoms with Gasteiger partial charge in [-0.05, 0) is 38.8 Å². The Kier molecular flexibility index (Phi) is 5.01. The first kappa shape index (κ1) is 13.8. The molecule has 2 rings (SSSR count). The fourth-order valence-corrected chi connectivity index (χ4v) is 3.31. The Balaban J connectivity index is 2.08. The van der Waals surface area contributed by atoms with Gasteiger partial charge in [-0.3, -0.25) is 9.69 Å². The number of hydrogen-bond donors (Lipinski definition) is 2. The highest BCUT2D eigenvalue weighted by molar-refractivity contribution is 5.82. The van der Waals surface area contributed by atoms with Crippen LogP contribution in [0.3, 0.4) is 0 Å². The molecule has 2 unspecified atom stereocenters. The molecule has 18 heavy (non-hydrogen) atoms. The predicted molar refractivity (Wildman–Crippen MR) is 73.5 cm³/mol. The molecule has 1 saturated heterocycles. The van der Waals surface area contributed by atoms with Crippen molar-refractivity contribution in [1.82, 2.24) is 15.5 Å². The van der Waals surface area contributed by atoms with Crippen molar-refractivity contribution in [3.05, 3.63) is 0 Å². The van der Waals surface area contributed by atoms with Crippen molar-refractivity contribution in [3.63, 3.8) is 0 Å². The van der Waals surface area contributed by atoms with Crippen LogP contribution in [0.5, 0.6) is 0 Å².